The van der Waals surface area contributed by atoms with Crippen molar-refractivity contribution in [1.82, 2.24) is 14.5 Å². The van der Waals surface area contributed by atoms with Crippen molar-refractivity contribution in [3.8, 4) is 5.75 Å². The molecule has 11 heteroatoms. The van der Waals surface area contributed by atoms with Crippen LogP contribution in [-0.2, 0) is 18.3 Å². The molecule has 0 radical (unpaired) electrons. The zero-order valence-corrected chi connectivity index (χ0v) is 21.5. The van der Waals surface area contributed by atoms with Crippen molar-refractivity contribution in [2.24, 2.45) is 7.05 Å². The van der Waals surface area contributed by atoms with Gasteiger partial charge in [0, 0.05) is 69.7 Å². The highest BCUT2D eigenvalue weighted by Gasteiger charge is 2.18. The van der Waals surface area contributed by atoms with Crippen LogP contribution in [0.2, 0.25) is 0 Å². The molecule has 0 spiro atoms. The molecule has 0 aliphatic carbocycles. The maximum absolute atomic E-state index is 13.2. The van der Waals surface area contributed by atoms with Crippen molar-refractivity contribution >= 4 is 34.0 Å². The molecule has 10 nitrogen and oxygen atoms in total. The summed E-state index contributed by atoms with van der Waals surface area (Å²) in [5.41, 5.74) is 3.39. The van der Waals surface area contributed by atoms with Gasteiger partial charge < -0.3 is 19.5 Å². The zero-order valence-electron chi connectivity index (χ0n) is 21.5. The zero-order chi connectivity index (χ0) is 27.4. The molecule has 1 N–H and O–H groups in total. The predicted octanol–water partition coefficient (Wildman–Crippen LogP) is 4.00. The van der Waals surface area contributed by atoms with E-state index >= 15 is 0 Å². The molecule has 1 saturated heterocycles. The highest BCUT2D eigenvalue weighted by molar-refractivity contribution is 5.94. The molecule has 4 aromatic rings. The fourth-order valence-corrected chi connectivity index (χ4v) is 4.70. The number of anilines is 2. The van der Waals surface area contributed by atoms with E-state index in [0.29, 0.717) is 11.4 Å². The van der Waals surface area contributed by atoms with Gasteiger partial charge in [0.1, 0.15) is 17.4 Å². The molecule has 5 rings (SSSR count). The first-order valence-corrected chi connectivity index (χ1v) is 12.7. The van der Waals surface area contributed by atoms with E-state index in [1.807, 2.05) is 37.4 Å². The van der Waals surface area contributed by atoms with Crippen LogP contribution in [0.3, 0.4) is 0 Å². The van der Waals surface area contributed by atoms with Gasteiger partial charge in [-0.1, -0.05) is 0 Å². The lowest BCUT2D eigenvalue weighted by Gasteiger charge is -2.36. The topological polar surface area (TPSA) is 106 Å². The van der Waals surface area contributed by atoms with Gasteiger partial charge in [-0.05, 0) is 54.6 Å². The number of nitrogens with one attached hydrogen (secondary N) is 1. The Morgan fingerprint density at radius 3 is 2.46 bits per heavy atom. The number of hydrogen-bond acceptors (Lipinski definition) is 7. The number of nitro groups is 1. The molecule has 2 heterocycles. The van der Waals surface area contributed by atoms with Gasteiger partial charge in [0.2, 0.25) is 0 Å². The van der Waals surface area contributed by atoms with E-state index in [0.717, 1.165) is 61.7 Å². The van der Waals surface area contributed by atoms with Crippen LogP contribution in [0.5, 0.6) is 5.75 Å². The standard InChI is InChI=1S/C28H29FN6O4/c1-32-26-11-4-21(30-28(36)19-39-24-9-7-23(8-10-24)35(37)38)18-25(26)31-27(32)12-13-33-14-16-34(17-15-33)22-5-2-20(29)3-6-22/h2-11,18H,12-17,19H2,1H3,(H,30,36). The molecule has 1 aliphatic rings. The fourth-order valence-electron chi connectivity index (χ4n) is 4.70. The molecule has 0 bridgehead atoms. The third kappa shape index (κ3) is 6.32. The van der Waals surface area contributed by atoms with Gasteiger partial charge in [0.15, 0.2) is 6.61 Å². The minimum absolute atomic E-state index is 0.0423. The maximum atomic E-state index is 13.2. The SMILES string of the molecule is Cn1c(CCN2CCN(c3ccc(F)cc3)CC2)nc2cc(NC(=O)COc3ccc([N+](=O)[O-])cc3)ccc21. The van der Waals surface area contributed by atoms with Crippen LogP contribution in [0.4, 0.5) is 21.5 Å². The average Bonchev–Trinajstić information content (AvgIpc) is 3.26. The lowest BCUT2D eigenvalue weighted by molar-refractivity contribution is -0.384. The number of halogens is 1. The summed E-state index contributed by atoms with van der Waals surface area (Å²) in [7, 11) is 1.99. The molecule has 3 aromatic carbocycles. The third-order valence-electron chi connectivity index (χ3n) is 6.89. The summed E-state index contributed by atoms with van der Waals surface area (Å²) in [6.07, 6.45) is 0.798. The summed E-state index contributed by atoms with van der Waals surface area (Å²) in [5.74, 6) is 0.778. The van der Waals surface area contributed by atoms with E-state index in [9.17, 15) is 19.3 Å². The number of piperazine rings is 1. The van der Waals surface area contributed by atoms with Crippen molar-refractivity contribution in [1.29, 1.82) is 0 Å². The van der Waals surface area contributed by atoms with Gasteiger partial charge in [-0.25, -0.2) is 9.37 Å². The molecule has 0 saturated carbocycles. The van der Waals surface area contributed by atoms with Crippen molar-refractivity contribution < 1.29 is 18.8 Å². The number of hydrogen-bond donors (Lipinski definition) is 1. The quantitative estimate of drug-likeness (QED) is 0.257. The minimum Gasteiger partial charge on any atom is -0.484 e. The number of non-ortho nitro benzene ring substituents is 1. The fraction of sp³-hybridized carbons (Fsp3) is 0.286. The van der Waals surface area contributed by atoms with Gasteiger partial charge in [-0.3, -0.25) is 19.8 Å². The molecule has 39 heavy (non-hydrogen) atoms. The van der Waals surface area contributed by atoms with Crippen LogP contribution in [0.25, 0.3) is 11.0 Å². The van der Waals surface area contributed by atoms with Crippen LogP contribution in [0.1, 0.15) is 5.82 Å². The Hall–Kier alpha value is -4.51. The number of benzene rings is 3. The average molecular weight is 533 g/mol. The lowest BCUT2D eigenvalue weighted by atomic mass is 10.2. The Morgan fingerprint density at radius 2 is 1.77 bits per heavy atom. The molecule has 1 amide bonds. The Morgan fingerprint density at radius 1 is 1.05 bits per heavy atom. The van der Waals surface area contributed by atoms with E-state index in [1.165, 1.54) is 36.4 Å². The summed E-state index contributed by atoms with van der Waals surface area (Å²) >= 11 is 0. The molecule has 0 atom stereocenters. The van der Waals surface area contributed by atoms with E-state index in [1.54, 1.807) is 0 Å². The second-order valence-electron chi connectivity index (χ2n) is 9.43. The smallest absolute Gasteiger partial charge is 0.269 e. The second kappa shape index (κ2) is 11.5. The molecular formula is C28H29FN6O4. The Kier molecular flexibility index (Phi) is 7.69. The van der Waals surface area contributed by atoms with E-state index in [4.69, 9.17) is 9.72 Å². The molecule has 1 aromatic heterocycles. The number of aryl methyl sites for hydroxylation is 1. The highest BCUT2D eigenvalue weighted by atomic mass is 19.1. The number of amides is 1. The van der Waals surface area contributed by atoms with Crippen molar-refractivity contribution in [3.63, 3.8) is 0 Å². The van der Waals surface area contributed by atoms with E-state index in [-0.39, 0.29) is 24.0 Å². The van der Waals surface area contributed by atoms with E-state index < -0.39 is 4.92 Å². The third-order valence-corrected chi connectivity index (χ3v) is 6.89. The first-order valence-electron chi connectivity index (χ1n) is 12.7. The summed E-state index contributed by atoms with van der Waals surface area (Å²) in [6.45, 7) is 4.31. The van der Waals surface area contributed by atoms with Gasteiger partial charge in [-0.2, -0.15) is 0 Å². The number of nitrogens with zero attached hydrogens (tertiary/aromatic N) is 5. The van der Waals surface area contributed by atoms with Gasteiger partial charge in [-0.15, -0.1) is 0 Å². The molecular weight excluding hydrogens is 503 g/mol. The van der Waals surface area contributed by atoms with Crippen LogP contribution in [-0.4, -0.2) is 64.6 Å². The normalized spacial score (nSPS) is 13.9. The number of aromatic nitrogens is 2. The number of nitro benzene ring substituents is 1. The number of rotatable bonds is 9. The minimum atomic E-state index is -0.492. The molecule has 1 aliphatic heterocycles. The Bertz CT molecular complexity index is 1460. The number of carbonyl (C=O) groups excluding carboxylic acids is 1. The summed E-state index contributed by atoms with van der Waals surface area (Å²) in [4.78, 5) is 32.1. The van der Waals surface area contributed by atoms with Crippen LogP contribution >= 0.6 is 0 Å². The van der Waals surface area contributed by atoms with Crippen molar-refractivity contribution in [2.75, 3.05) is 49.5 Å². The number of carbonyl (C=O) groups is 1. The first kappa shape index (κ1) is 26.1. The number of imidazole rings is 1. The predicted molar refractivity (Wildman–Crippen MR) is 147 cm³/mol. The summed E-state index contributed by atoms with van der Waals surface area (Å²) in [6, 6.07) is 17.8. The highest BCUT2D eigenvalue weighted by Crippen LogP contribution is 2.22. The first-order chi connectivity index (χ1) is 18.9. The second-order valence-corrected chi connectivity index (χ2v) is 9.43. The van der Waals surface area contributed by atoms with Crippen molar-refractivity contribution in [2.45, 2.75) is 6.42 Å². The summed E-state index contributed by atoms with van der Waals surface area (Å²) in [5, 5.41) is 13.6. The summed E-state index contributed by atoms with van der Waals surface area (Å²) < 4.78 is 20.7. The lowest BCUT2D eigenvalue weighted by Crippen LogP contribution is -2.47. The Balaban J connectivity index is 1.13. The monoisotopic (exact) mass is 532 g/mol. The van der Waals surface area contributed by atoms with Crippen LogP contribution in [0, 0.1) is 15.9 Å². The largest absolute Gasteiger partial charge is 0.484 e. The molecule has 0 unspecified atom stereocenters. The molecule has 202 valence electrons. The van der Waals surface area contributed by atoms with Crippen molar-refractivity contribution in [3.05, 3.63) is 88.5 Å². The number of fused-ring (bicyclic) bond motifs is 1. The van der Waals surface area contributed by atoms with Gasteiger partial charge >= 0.3 is 0 Å². The van der Waals surface area contributed by atoms with Gasteiger partial charge in [0.25, 0.3) is 11.6 Å². The maximum Gasteiger partial charge on any atom is 0.269 e. The van der Waals surface area contributed by atoms with E-state index in [2.05, 4.69) is 19.7 Å². The van der Waals surface area contributed by atoms with Crippen LogP contribution < -0.4 is 15.0 Å². The van der Waals surface area contributed by atoms with Gasteiger partial charge in [0.05, 0.1) is 16.0 Å². The Labute approximate surface area is 224 Å². The number of ether oxygens (including phenoxy) is 1. The van der Waals surface area contributed by atoms with Crippen LogP contribution in [0.15, 0.2) is 66.7 Å². The molecule has 1 fully saturated rings.